The van der Waals surface area contributed by atoms with Gasteiger partial charge >= 0.3 is 0 Å². The largest absolute Gasteiger partial charge is 0.322 e. The van der Waals surface area contributed by atoms with Gasteiger partial charge in [0.1, 0.15) is 17.7 Å². The zero-order chi connectivity index (χ0) is 16.7. The van der Waals surface area contributed by atoms with Crippen molar-refractivity contribution < 1.29 is 8.78 Å². The van der Waals surface area contributed by atoms with Gasteiger partial charge in [0.2, 0.25) is 5.28 Å². The highest BCUT2D eigenvalue weighted by Gasteiger charge is 2.10. The molecule has 6 nitrogen and oxygen atoms in total. The van der Waals surface area contributed by atoms with Crippen LogP contribution >= 0.6 is 11.6 Å². The SMILES string of the molecule is Fc1ccc(-n2cnc(Nc3nc(Cl)nn4cccc34)c2)cc1F. The van der Waals surface area contributed by atoms with E-state index in [1.807, 2.05) is 12.1 Å². The molecule has 0 aliphatic heterocycles. The van der Waals surface area contributed by atoms with Crippen LogP contribution in [0.15, 0.2) is 49.1 Å². The number of imidazole rings is 1. The number of anilines is 2. The van der Waals surface area contributed by atoms with Crippen LogP contribution in [-0.4, -0.2) is 24.1 Å². The summed E-state index contributed by atoms with van der Waals surface area (Å²) in [5.74, 6) is -0.871. The highest BCUT2D eigenvalue weighted by Crippen LogP contribution is 2.21. The predicted molar refractivity (Wildman–Crippen MR) is 84.8 cm³/mol. The summed E-state index contributed by atoms with van der Waals surface area (Å²) in [6.07, 6.45) is 4.85. The minimum atomic E-state index is -0.923. The van der Waals surface area contributed by atoms with Crippen molar-refractivity contribution in [3.8, 4) is 5.69 Å². The molecule has 0 radical (unpaired) electrons. The zero-order valence-corrected chi connectivity index (χ0v) is 12.7. The van der Waals surface area contributed by atoms with Gasteiger partial charge in [0.15, 0.2) is 17.5 Å². The molecule has 0 saturated carbocycles. The number of benzene rings is 1. The molecule has 9 heteroatoms. The Labute approximate surface area is 139 Å². The van der Waals surface area contributed by atoms with E-state index in [4.69, 9.17) is 11.6 Å². The summed E-state index contributed by atoms with van der Waals surface area (Å²) in [4.78, 5) is 8.32. The van der Waals surface area contributed by atoms with Gasteiger partial charge in [-0.05, 0) is 35.9 Å². The first-order valence-corrected chi connectivity index (χ1v) is 7.25. The van der Waals surface area contributed by atoms with Crippen molar-refractivity contribution in [1.82, 2.24) is 24.1 Å². The lowest BCUT2D eigenvalue weighted by Crippen LogP contribution is -2.01. The molecule has 1 aromatic carbocycles. The average molecular weight is 347 g/mol. The molecule has 0 fully saturated rings. The Bertz CT molecular complexity index is 1040. The van der Waals surface area contributed by atoms with Crippen molar-refractivity contribution in [2.45, 2.75) is 0 Å². The lowest BCUT2D eigenvalue weighted by molar-refractivity contribution is 0.508. The van der Waals surface area contributed by atoms with E-state index in [1.54, 1.807) is 21.5 Å². The van der Waals surface area contributed by atoms with Crippen LogP contribution in [0.1, 0.15) is 0 Å². The van der Waals surface area contributed by atoms with Crippen molar-refractivity contribution in [2.24, 2.45) is 0 Å². The summed E-state index contributed by atoms with van der Waals surface area (Å²) < 4.78 is 29.5. The summed E-state index contributed by atoms with van der Waals surface area (Å²) >= 11 is 5.89. The van der Waals surface area contributed by atoms with E-state index >= 15 is 0 Å². The van der Waals surface area contributed by atoms with Crippen LogP contribution < -0.4 is 5.32 Å². The second-order valence-electron chi connectivity index (χ2n) is 4.96. The van der Waals surface area contributed by atoms with Gasteiger partial charge in [0.05, 0.1) is 6.20 Å². The van der Waals surface area contributed by atoms with Gasteiger partial charge in [-0.15, -0.1) is 5.10 Å². The van der Waals surface area contributed by atoms with Crippen LogP contribution in [0, 0.1) is 11.6 Å². The first-order chi connectivity index (χ1) is 11.6. The molecule has 0 amide bonds. The molecule has 0 atom stereocenters. The second kappa shape index (κ2) is 5.57. The van der Waals surface area contributed by atoms with Crippen LogP contribution in [0.2, 0.25) is 5.28 Å². The van der Waals surface area contributed by atoms with Gasteiger partial charge in [-0.1, -0.05) is 0 Å². The van der Waals surface area contributed by atoms with Gasteiger partial charge in [-0.2, -0.15) is 4.98 Å². The maximum Gasteiger partial charge on any atom is 0.243 e. The van der Waals surface area contributed by atoms with Crippen molar-refractivity contribution in [3.63, 3.8) is 0 Å². The lowest BCUT2D eigenvalue weighted by atomic mass is 10.3. The standard InChI is InChI=1S/C15H9ClF2N6/c16-15-21-14(12-2-1-5-24(12)22-15)20-13-7-23(8-19-13)9-3-4-10(17)11(18)6-9/h1-8H,(H,20,21,22). The van der Waals surface area contributed by atoms with E-state index in [2.05, 4.69) is 20.4 Å². The second-order valence-corrected chi connectivity index (χ2v) is 5.30. The quantitative estimate of drug-likeness (QED) is 0.616. The number of hydrogen-bond donors (Lipinski definition) is 1. The summed E-state index contributed by atoms with van der Waals surface area (Å²) in [6, 6.07) is 7.24. The Balaban J connectivity index is 1.67. The molecule has 120 valence electrons. The molecule has 0 aliphatic rings. The molecule has 0 aliphatic carbocycles. The van der Waals surface area contributed by atoms with E-state index in [9.17, 15) is 8.78 Å². The van der Waals surface area contributed by atoms with E-state index in [1.165, 1.54) is 12.4 Å². The van der Waals surface area contributed by atoms with Crippen LogP contribution in [0.3, 0.4) is 0 Å². The van der Waals surface area contributed by atoms with Crippen molar-refractivity contribution in [3.05, 3.63) is 66.0 Å². The van der Waals surface area contributed by atoms with Crippen molar-refractivity contribution in [1.29, 1.82) is 0 Å². The Morgan fingerprint density at radius 3 is 2.83 bits per heavy atom. The maximum atomic E-state index is 13.3. The first-order valence-electron chi connectivity index (χ1n) is 6.87. The van der Waals surface area contributed by atoms with Crippen molar-refractivity contribution in [2.75, 3.05) is 5.32 Å². The Morgan fingerprint density at radius 2 is 2.00 bits per heavy atom. The third-order valence-corrected chi connectivity index (χ3v) is 3.56. The molecule has 0 bridgehead atoms. The van der Waals surface area contributed by atoms with E-state index in [-0.39, 0.29) is 5.28 Å². The Hall–Kier alpha value is -3.00. The fourth-order valence-corrected chi connectivity index (χ4v) is 2.46. The Kier molecular flexibility index (Phi) is 3.39. The topological polar surface area (TPSA) is 60.0 Å². The van der Waals surface area contributed by atoms with Crippen molar-refractivity contribution >= 4 is 28.8 Å². The molecule has 24 heavy (non-hydrogen) atoms. The third-order valence-electron chi connectivity index (χ3n) is 3.40. The number of aromatic nitrogens is 5. The van der Waals surface area contributed by atoms with E-state index < -0.39 is 11.6 Å². The zero-order valence-electron chi connectivity index (χ0n) is 12.0. The van der Waals surface area contributed by atoms with E-state index in [0.29, 0.717) is 17.3 Å². The number of halogens is 3. The predicted octanol–water partition coefficient (Wildman–Crippen LogP) is 3.59. The summed E-state index contributed by atoms with van der Waals surface area (Å²) in [6.45, 7) is 0. The third kappa shape index (κ3) is 2.56. The fraction of sp³-hybridized carbons (Fsp3) is 0. The molecular weight excluding hydrogens is 338 g/mol. The number of nitrogens with one attached hydrogen (secondary N) is 1. The molecule has 3 aromatic heterocycles. The number of hydrogen-bond acceptors (Lipinski definition) is 4. The number of rotatable bonds is 3. The number of fused-ring (bicyclic) bond motifs is 1. The smallest absolute Gasteiger partial charge is 0.243 e. The van der Waals surface area contributed by atoms with Gasteiger partial charge in [-0.25, -0.2) is 18.3 Å². The highest BCUT2D eigenvalue weighted by atomic mass is 35.5. The summed E-state index contributed by atoms with van der Waals surface area (Å²) in [7, 11) is 0. The van der Waals surface area contributed by atoms with Crippen LogP contribution in [0.25, 0.3) is 11.2 Å². The molecule has 0 unspecified atom stereocenters. The molecular formula is C15H9ClF2N6. The highest BCUT2D eigenvalue weighted by molar-refractivity contribution is 6.28. The first kappa shape index (κ1) is 14.6. The minimum absolute atomic E-state index is 0.0845. The summed E-state index contributed by atoms with van der Waals surface area (Å²) in [5, 5.41) is 7.16. The molecule has 1 N–H and O–H groups in total. The molecule has 0 saturated heterocycles. The van der Waals surface area contributed by atoms with Gasteiger partial charge < -0.3 is 9.88 Å². The lowest BCUT2D eigenvalue weighted by Gasteiger charge is -2.05. The van der Waals surface area contributed by atoms with Gasteiger partial charge in [0.25, 0.3) is 0 Å². The van der Waals surface area contributed by atoms with Crippen LogP contribution in [0.5, 0.6) is 0 Å². The van der Waals surface area contributed by atoms with E-state index in [0.717, 1.165) is 17.6 Å². The van der Waals surface area contributed by atoms with Crippen LogP contribution in [0.4, 0.5) is 20.4 Å². The van der Waals surface area contributed by atoms with Crippen LogP contribution in [-0.2, 0) is 0 Å². The summed E-state index contributed by atoms with van der Waals surface area (Å²) in [5.41, 5.74) is 1.17. The normalized spacial score (nSPS) is 11.1. The van der Waals surface area contributed by atoms with Gasteiger partial charge in [-0.3, -0.25) is 0 Å². The fourth-order valence-electron chi connectivity index (χ4n) is 2.30. The number of nitrogens with zero attached hydrogens (tertiary/aromatic N) is 5. The van der Waals surface area contributed by atoms with Gasteiger partial charge in [0, 0.05) is 18.0 Å². The molecule has 3 heterocycles. The average Bonchev–Trinajstić information content (AvgIpc) is 3.19. The molecule has 0 spiro atoms. The monoisotopic (exact) mass is 346 g/mol. The maximum absolute atomic E-state index is 13.3. The Morgan fingerprint density at radius 1 is 1.12 bits per heavy atom. The molecule has 4 rings (SSSR count). The minimum Gasteiger partial charge on any atom is -0.322 e. The molecule has 4 aromatic rings.